The zero-order chi connectivity index (χ0) is 29.1. The van der Waals surface area contributed by atoms with Crippen molar-refractivity contribution in [3.63, 3.8) is 0 Å². The molecule has 2 aliphatic heterocycles. The average Bonchev–Trinajstić information content (AvgIpc) is 3.69. The molecule has 19 nitrogen and oxygen atoms in total. The number of fused-ring (bicyclic) bond motifs is 2. The number of aromatic nitrogens is 8. The first-order chi connectivity index (χ1) is 19.6. The molecule has 0 aromatic carbocycles. The molecule has 8 atom stereocenters. The molecule has 21 heteroatoms. The molecule has 2 aliphatic rings. The molecule has 4 aromatic rings. The van der Waals surface area contributed by atoms with Crippen LogP contribution < -0.4 is 17.0 Å². The maximum absolute atomic E-state index is 13.3. The van der Waals surface area contributed by atoms with Crippen LogP contribution in [0, 0.1) is 0 Å². The van der Waals surface area contributed by atoms with Gasteiger partial charge in [-0.25, -0.2) is 24.5 Å². The summed E-state index contributed by atoms with van der Waals surface area (Å²) in [6, 6.07) is 0. The summed E-state index contributed by atoms with van der Waals surface area (Å²) in [4.78, 5) is 34.8. The van der Waals surface area contributed by atoms with Crippen molar-refractivity contribution in [3.8, 4) is 0 Å². The van der Waals surface area contributed by atoms with Crippen LogP contribution in [0.4, 0.5) is 11.8 Å². The van der Waals surface area contributed by atoms with Crippen LogP contribution in [-0.4, -0.2) is 98.1 Å². The number of hydrogen-bond donors (Lipinski definition) is 7. The van der Waals surface area contributed by atoms with Crippen molar-refractivity contribution in [2.24, 2.45) is 0 Å². The minimum absolute atomic E-state index is 0.0143. The molecular formula is C20H25N10O9PS. The summed E-state index contributed by atoms with van der Waals surface area (Å²) < 4.78 is 38.7. The van der Waals surface area contributed by atoms with Gasteiger partial charge in [-0.15, -0.1) is 0 Å². The first-order valence-corrected chi connectivity index (χ1v) is 14.8. The largest absolute Gasteiger partial charge is 0.394 e. The number of imidazole rings is 2. The average molecular weight is 613 g/mol. The van der Waals surface area contributed by atoms with Gasteiger partial charge in [0.05, 0.1) is 32.0 Å². The summed E-state index contributed by atoms with van der Waals surface area (Å²) in [6.45, 7) is -5.03. The Labute approximate surface area is 234 Å². The smallest absolute Gasteiger partial charge is 0.386 e. The van der Waals surface area contributed by atoms with Gasteiger partial charge in [0, 0.05) is 6.42 Å². The molecule has 0 saturated carbocycles. The van der Waals surface area contributed by atoms with Crippen LogP contribution in [0.1, 0.15) is 18.9 Å². The third kappa shape index (κ3) is 5.07. The Hall–Kier alpha value is -3.20. The molecule has 0 aliphatic carbocycles. The van der Waals surface area contributed by atoms with E-state index < -0.39 is 61.9 Å². The molecule has 0 radical (unpaired) electrons. The second-order valence-corrected chi connectivity index (χ2v) is 12.3. The van der Waals surface area contributed by atoms with E-state index in [-0.39, 0.29) is 47.1 Å². The van der Waals surface area contributed by atoms with Gasteiger partial charge in [0.2, 0.25) is 5.95 Å². The van der Waals surface area contributed by atoms with E-state index in [0.717, 1.165) is 0 Å². The minimum atomic E-state index is -4.16. The first-order valence-electron chi connectivity index (χ1n) is 12.1. The number of nitrogen functional groups attached to an aromatic ring is 2. The summed E-state index contributed by atoms with van der Waals surface area (Å²) in [7, 11) is 0. The number of nitrogens with one attached hydrogen (secondary N) is 1. The summed E-state index contributed by atoms with van der Waals surface area (Å²) in [5, 5.41) is 30.9. The van der Waals surface area contributed by atoms with Crippen LogP contribution in [0.25, 0.3) is 22.3 Å². The van der Waals surface area contributed by atoms with Crippen LogP contribution in [0.3, 0.4) is 0 Å². The van der Waals surface area contributed by atoms with E-state index in [9.17, 15) is 24.7 Å². The quantitative estimate of drug-likeness (QED) is 0.0877. The number of nitrogens with zero attached hydrogens (tertiary/aromatic N) is 7. The number of aliphatic hydroxyl groups is 3. The van der Waals surface area contributed by atoms with Gasteiger partial charge in [-0.05, 0) is 0 Å². The normalized spacial score (nSPS) is 29.9. The van der Waals surface area contributed by atoms with E-state index in [0.29, 0.717) is 0 Å². The first kappa shape index (κ1) is 27.9. The lowest BCUT2D eigenvalue weighted by Crippen LogP contribution is -2.33. The number of H-pyrrole nitrogens is 1. The van der Waals surface area contributed by atoms with Gasteiger partial charge < -0.3 is 36.3 Å². The molecule has 1 unspecified atom stereocenters. The highest BCUT2D eigenvalue weighted by molar-refractivity contribution is 8.44. The lowest BCUT2D eigenvalue weighted by molar-refractivity contribution is -0.0550. The Morgan fingerprint density at radius 3 is 2.56 bits per heavy atom. The zero-order valence-corrected chi connectivity index (χ0v) is 22.7. The van der Waals surface area contributed by atoms with E-state index in [1.807, 2.05) is 0 Å². The number of aliphatic hydroxyl groups excluding tert-OH is 3. The molecule has 0 amide bonds. The van der Waals surface area contributed by atoms with Crippen molar-refractivity contribution in [2.45, 2.75) is 49.4 Å². The van der Waals surface area contributed by atoms with Crippen molar-refractivity contribution in [2.75, 3.05) is 24.7 Å². The van der Waals surface area contributed by atoms with E-state index in [1.165, 1.54) is 28.1 Å². The third-order valence-electron chi connectivity index (χ3n) is 6.74. The van der Waals surface area contributed by atoms with Gasteiger partial charge in [0.15, 0.2) is 35.1 Å². The molecule has 4 aromatic heterocycles. The molecule has 0 bridgehead atoms. The SMILES string of the molecule is Nc1nc2c(ncn2[C@@H]2O[C@H](CO)C[C@H]2OP(=O)(S)OC[C@H]2O[C@@H](n3cnc4c(N)ncnc43)[C@H](O)[C@H]2O)c(=O)[nH]1. The van der Waals surface area contributed by atoms with Crippen molar-refractivity contribution in [1.29, 1.82) is 0 Å². The molecule has 6 heterocycles. The molecular weight excluding hydrogens is 587 g/mol. The van der Waals surface area contributed by atoms with Gasteiger partial charge in [0.1, 0.15) is 36.3 Å². The number of thiol groups is 1. The molecule has 2 fully saturated rings. The van der Waals surface area contributed by atoms with E-state index in [4.69, 9.17) is 30.0 Å². The van der Waals surface area contributed by atoms with E-state index in [2.05, 4.69) is 42.2 Å². The van der Waals surface area contributed by atoms with Crippen molar-refractivity contribution in [1.82, 2.24) is 39.0 Å². The molecule has 0 spiro atoms. The molecule has 41 heavy (non-hydrogen) atoms. The monoisotopic (exact) mass is 612 g/mol. The Bertz CT molecular complexity index is 1700. The van der Waals surface area contributed by atoms with E-state index in [1.54, 1.807) is 0 Å². The van der Waals surface area contributed by atoms with Crippen molar-refractivity contribution in [3.05, 3.63) is 29.3 Å². The number of rotatable bonds is 8. The second kappa shape index (κ2) is 10.6. The fourth-order valence-corrected chi connectivity index (χ4v) is 6.32. The van der Waals surface area contributed by atoms with Gasteiger partial charge >= 0.3 is 6.80 Å². The van der Waals surface area contributed by atoms with Crippen molar-refractivity contribution >= 4 is 53.1 Å². The zero-order valence-electron chi connectivity index (χ0n) is 20.9. The van der Waals surface area contributed by atoms with Crippen LogP contribution in [0.2, 0.25) is 0 Å². The van der Waals surface area contributed by atoms with Crippen molar-refractivity contribution < 1.29 is 38.4 Å². The highest BCUT2D eigenvalue weighted by Crippen LogP contribution is 2.57. The lowest BCUT2D eigenvalue weighted by Gasteiger charge is -2.24. The van der Waals surface area contributed by atoms with E-state index >= 15 is 0 Å². The fourth-order valence-electron chi connectivity index (χ4n) is 4.82. The summed E-state index contributed by atoms with van der Waals surface area (Å²) in [6.07, 6.45) is -3.96. The summed E-state index contributed by atoms with van der Waals surface area (Å²) >= 11 is 4.06. The van der Waals surface area contributed by atoms with Gasteiger partial charge in [-0.3, -0.25) is 28.0 Å². The highest BCUT2D eigenvalue weighted by Gasteiger charge is 2.46. The predicted octanol–water partition coefficient (Wildman–Crippen LogP) is -1.54. The van der Waals surface area contributed by atoms with Gasteiger partial charge in [-0.1, -0.05) is 12.2 Å². The highest BCUT2D eigenvalue weighted by atomic mass is 32.7. The number of anilines is 2. The third-order valence-corrected chi connectivity index (χ3v) is 8.38. The second-order valence-electron chi connectivity index (χ2n) is 9.38. The minimum Gasteiger partial charge on any atom is -0.394 e. The number of nitrogens with two attached hydrogens (primary N) is 2. The van der Waals surface area contributed by atoms with Crippen LogP contribution in [0.5, 0.6) is 0 Å². The number of aromatic amines is 1. The topological polar surface area (TPSA) is 274 Å². The predicted molar refractivity (Wildman–Crippen MR) is 141 cm³/mol. The summed E-state index contributed by atoms with van der Waals surface area (Å²) in [5.74, 6) is -0.0287. The number of hydrogen-bond acceptors (Lipinski definition) is 16. The Morgan fingerprint density at radius 1 is 1.07 bits per heavy atom. The Morgan fingerprint density at radius 2 is 1.80 bits per heavy atom. The Balaban J connectivity index is 1.16. The molecule has 2 saturated heterocycles. The molecule has 220 valence electrons. The van der Waals surface area contributed by atoms with Gasteiger partial charge in [0.25, 0.3) is 5.56 Å². The summed E-state index contributed by atoms with van der Waals surface area (Å²) in [5.41, 5.74) is 11.5. The molecule has 6 rings (SSSR count). The van der Waals surface area contributed by atoms with Crippen LogP contribution in [-0.2, 0) is 23.1 Å². The van der Waals surface area contributed by atoms with Crippen LogP contribution in [0.15, 0.2) is 23.8 Å². The lowest BCUT2D eigenvalue weighted by atomic mass is 10.1. The van der Waals surface area contributed by atoms with Gasteiger partial charge in [-0.2, -0.15) is 4.98 Å². The molecule has 8 N–H and O–H groups in total. The Kier molecular flexibility index (Phi) is 7.20. The maximum Gasteiger partial charge on any atom is 0.386 e. The standard InChI is InChI=1S/C20H25N10O9PS/c21-14-10-15(24-4-23-14)29(5-25-10)19-13(33)12(32)9(38-19)3-36-40(35,41)39-8-1-7(2-31)37-18(8)30-6-26-11-16(30)27-20(22)28-17(11)34/h4-9,12-13,18-19,31-33H,1-3H2,(H,35,41)(H2,21,23,24)(H3,22,27,28,34)/t7-,8+,9+,12-,13+,18+,19+,40?/m0/s1. The maximum atomic E-state index is 13.3. The fraction of sp³-hybridized carbons (Fsp3) is 0.500. The van der Waals surface area contributed by atoms with Crippen LogP contribution >= 0.6 is 19.0 Å². The number of ether oxygens (including phenoxy) is 2.